The van der Waals surface area contributed by atoms with Crippen molar-refractivity contribution in [2.24, 2.45) is 5.10 Å². The Bertz CT molecular complexity index is 1230. The number of nitrogens with one attached hydrogen (secondary N) is 3. The van der Waals surface area contributed by atoms with E-state index in [1.54, 1.807) is 79.9 Å². The number of benzene rings is 3. The molecule has 0 aliphatic rings. The first-order valence-electron chi connectivity index (χ1n) is 10.4. The number of carbonyl (C=O) groups excluding carboxylic acids is 3. The Morgan fingerprint density at radius 2 is 1.60 bits per heavy atom. The first-order valence-corrected chi connectivity index (χ1v) is 10.4. The van der Waals surface area contributed by atoms with Crippen molar-refractivity contribution in [2.75, 3.05) is 31.5 Å². The van der Waals surface area contributed by atoms with Crippen LogP contribution in [0.1, 0.15) is 5.56 Å². The second-order valence-corrected chi connectivity index (χ2v) is 6.99. The summed E-state index contributed by atoms with van der Waals surface area (Å²) in [4.78, 5) is 36.2. The van der Waals surface area contributed by atoms with Gasteiger partial charge in [0, 0.05) is 11.8 Å². The first kappa shape index (κ1) is 24.8. The zero-order chi connectivity index (χ0) is 25.0. The second kappa shape index (κ2) is 12.4. The van der Waals surface area contributed by atoms with Gasteiger partial charge >= 0.3 is 11.8 Å². The first-order chi connectivity index (χ1) is 17.0. The van der Waals surface area contributed by atoms with Crippen molar-refractivity contribution in [1.82, 2.24) is 5.43 Å². The van der Waals surface area contributed by atoms with Crippen LogP contribution in [0.3, 0.4) is 0 Å². The second-order valence-electron chi connectivity index (χ2n) is 6.99. The van der Waals surface area contributed by atoms with Crippen LogP contribution in [0.5, 0.6) is 17.2 Å². The third kappa shape index (κ3) is 7.60. The van der Waals surface area contributed by atoms with Gasteiger partial charge in [0.05, 0.1) is 26.1 Å². The SMILES string of the molecule is COc1cccc(NC(=O)COc2cccc(/C=N\NC(=O)C(=O)Nc3ccccc3OC)c2)c1. The third-order valence-electron chi connectivity index (χ3n) is 4.52. The van der Waals surface area contributed by atoms with E-state index in [1.165, 1.54) is 13.3 Å². The van der Waals surface area contributed by atoms with Gasteiger partial charge < -0.3 is 24.8 Å². The number of ether oxygens (including phenoxy) is 3. The Balaban J connectivity index is 1.49. The van der Waals surface area contributed by atoms with Gasteiger partial charge in [-0.25, -0.2) is 5.43 Å². The normalized spacial score (nSPS) is 10.3. The zero-order valence-corrected chi connectivity index (χ0v) is 19.1. The van der Waals surface area contributed by atoms with Crippen molar-refractivity contribution in [3.8, 4) is 17.2 Å². The molecule has 10 heteroatoms. The summed E-state index contributed by atoms with van der Waals surface area (Å²) >= 11 is 0. The number of hydrazone groups is 1. The molecule has 35 heavy (non-hydrogen) atoms. The molecule has 180 valence electrons. The maximum atomic E-state index is 12.2. The molecule has 3 aromatic carbocycles. The maximum Gasteiger partial charge on any atom is 0.329 e. The molecule has 0 saturated heterocycles. The number of hydrogen-bond acceptors (Lipinski definition) is 7. The van der Waals surface area contributed by atoms with Gasteiger partial charge in [0.2, 0.25) is 0 Å². The van der Waals surface area contributed by atoms with Crippen molar-refractivity contribution in [3.05, 3.63) is 78.4 Å². The van der Waals surface area contributed by atoms with Crippen molar-refractivity contribution < 1.29 is 28.6 Å². The Kier molecular flexibility index (Phi) is 8.78. The molecule has 0 bridgehead atoms. The number of hydrogen-bond donors (Lipinski definition) is 3. The van der Waals surface area contributed by atoms with Crippen LogP contribution in [0.4, 0.5) is 11.4 Å². The van der Waals surface area contributed by atoms with Crippen LogP contribution < -0.4 is 30.3 Å². The van der Waals surface area contributed by atoms with Crippen LogP contribution >= 0.6 is 0 Å². The average Bonchev–Trinajstić information content (AvgIpc) is 2.88. The van der Waals surface area contributed by atoms with Gasteiger partial charge in [-0.05, 0) is 42.0 Å². The molecular formula is C25H24N4O6. The smallest absolute Gasteiger partial charge is 0.329 e. The van der Waals surface area contributed by atoms with E-state index in [-0.39, 0.29) is 12.5 Å². The summed E-state index contributed by atoms with van der Waals surface area (Å²) in [5.41, 5.74) is 3.69. The minimum atomic E-state index is -0.950. The van der Waals surface area contributed by atoms with Gasteiger partial charge in [-0.1, -0.05) is 30.3 Å². The van der Waals surface area contributed by atoms with E-state index < -0.39 is 11.8 Å². The molecule has 0 aliphatic carbocycles. The quantitative estimate of drug-likeness (QED) is 0.248. The summed E-state index contributed by atoms with van der Waals surface area (Å²) in [6.07, 6.45) is 1.34. The molecule has 3 amide bonds. The van der Waals surface area contributed by atoms with Gasteiger partial charge in [-0.15, -0.1) is 0 Å². The highest BCUT2D eigenvalue weighted by atomic mass is 16.5. The van der Waals surface area contributed by atoms with Crippen LogP contribution in [0.2, 0.25) is 0 Å². The summed E-state index contributed by atoms with van der Waals surface area (Å²) in [7, 11) is 3.00. The largest absolute Gasteiger partial charge is 0.497 e. The van der Waals surface area contributed by atoms with Gasteiger partial charge in [0.1, 0.15) is 17.2 Å². The van der Waals surface area contributed by atoms with Crippen LogP contribution in [-0.2, 0) is 14.4 Å². The summed E-state index contributed by atoms with van der Waals surface area (Å²) in [6, 6.07) is 20.4. The van der Waals surface area contributed by atoms with Gasteiger partial charge in [0.25, 0.3) is 5.91 Å². The number of para-hydroxylation sites is 2. The molecule has 0 atom stereocenters. The molecular weight excluding hydrogens is 452 g/mol. The molecule has 0 fully saturated rings. The molecule has 0 saturated carbocycles. The molecule has 0 radical (unpaired) electrons. The van der Waals surface area contributed by atoms with Gasteiger partial charge in [0.15, 0.2) is 6.61 Å². The molecule has 0 heterocycles. The summed E-state index contributed by atoms with van der Waals surface area (Å²) in [6.45, 7) is -0.211. The fourth-order valence-electron chi connectivity index (χ4n) is 2.87. The van der Waals surface area contributed by atoms with E-state index in [2.05, 4.69) is 21.2 Å². The average molecular weight is 476 g/mol. The lowest BCUT2D eigenvalue weighted by molar-refractivity contribution is -0.136. The van der Waals surface area contributed by atoms with E-state index in [0.29, 0.717) is 34.2 Å². The minimum absolute atomic E-state index is 0.211. The van der Waals surface area contributed by atoms with Crippen molar-refractivity contribution >= 4 is 35.3 Å². The Morgan fingerprint density at radius 3 is 2.40 bits per heavy atom. The molecule has 0 spiro atoms. The lowest BCUT2D eigenvalue weighted by Crippen LogP contribution is -2.32. The highest BCUT2D eigenvalue weighted by molar-refractivity contribution is 6.39. The molecule has 10 nitrogen and oxygen atoms in total. The van der Waals surface area contributed by atoms with Gasteiger partial charge in [-0.2, -0.15) is 5.10 Å². The number of carbonyl (C=O) groups is 3. The van der Waals surface area contributed by atoms with E-state index in [1.807, 2.05) is 0 Å². The predicted molar refractivity (Wildman–Crippen MR) is 131 cm³/mol. The lowest BCUT2D eigenvalue weighted by Gasteiger charge is -2.09. The molecule has 0 unspecified atom stereocenters. The number of methoxy groups -OCH3 is 2. The summed E-state index contributed by atoms with van der Waals surface area (Å²) in [5, 5.41) is 8.97. The van der Waals surface area contributed by atoms with Crippen molar-refractivity contribution in [1.29, 1.82) is 0 Å². The van der Waals surface area contributed by atoms with Crippen LogP contribution in [0.25, 0.3) is 0 Å². The fraction of sp³-hybridized carbons (Fsp3) is 0.120. The fourth-order valence-corrected chi connectivity index (χ4v) is 2.87. The number of amides is 3. The molecule has 3 rings (SSSR count). The van der Waals surface area contributed by atoms with Gasteiger partial charge in [-0.3, -0.25) is 14.4 Å². The van der Waals surface area contributed by atoms with E-state index in [4.69, 9.17) is 14.2 Å². The van der Waals surface area contributed by atoms with Crippen molar-refractivity contribution in [2.45, 2.75) is 0 Å². The number of anilines is 2. The maximum absolute atomic E-state index is 12.2. The van der Waals surface area contributed by atoms with Crippen molar-refractivity contribution in [3.63, 3.8) is 0 Å². The Labute approximate surface area is 201 Å². The zero-order valence-electron chi connectivity index (χ0n) is 19.1. The van der Waals surface area contributed by atoms with E-state index in [0.717, 1.165) is 0 Å². The number of rotatable bonds is 9. The summed E-state index contributed by atoms with van der Waals surface area (Å²) in [5.74, 6) is -0.716. The molecule has 0 aromatic heterocycles. The highest BCUT2D eigenvalue weighted by Gasteiger charge is 2.15. The minimum Gasteiger partial charge on any atom is -0.497 e. The van der Waals surface area contributed by atoms with E-state index in [9.17, 15) is 14.4 Å². The standard InChI is InChI=1S/C25H24N4O6/c1-33-19-9-6-8-18(14-19)27-23(30)16-35-20-10-5-7-17(13-20)15-26-29-25(32)24(31)28-21-11-3-4-12-22(21)34-2/h3-15H,16H2,1-2H3,(H,27,30)(H,28,31)(H,29,32)/b26-15-. The highest BCUT2D eigenvalue weighted by Crippen LogP contribution is 2.22. The third-order valence-corrected chi connectivity index (χ3v) is 4.52. The molecule has 3 aromatic rings. The predicted octanol–water partition coefficient (Wildman–Crippen LogP) is 2.81. The van der Waals surface area contributed by atoms with Crippen LogP contribution in [0.15, 0.2) is 77.9 Å². The van der Waals surface area contributed by atoms with E-state index >= 15 is 0 Å². The lowest BCUT2D eigenvalue weighted by atomic mass is 10.2. The molecule has 0 aliphatic heterocycles. The monoisotopic (exact) mass is 476 g/mol. The van der Waals surface area contributed by atoms with Crippen LogP contribution in [-0.4, -0.2) is 44.8 Å². The summed E-state index contributed by atoms with van der Waals surface area (Å²) < 4.78 is 15.8. The Morgan fingerprint density at radius 1 is 0.829 bits per heavy atom. The molecule has 3 N–H and O–H groups in total. The topological polar surface area (TPSA) is 127 Å². The van der Waals surface area contributed by atoms with Crippen LogP contribution in [0, 0.1) is 0 Å². The Hall–Kier alpha value is -4.86. The number of nitrogens with zero attached hydrogens (tertiary/aromatic N) is 1.